The quantitative estimate of drug-likeness (QED) is 0.616. The second-order valence-electron chi connectivity index (χ2n) is 4.61. The van der Waals surface area contributed by atoms with Gasteiger partial charge in [0, 0.05) is 20.8 Å². The summed E-state index contributed by atoms with van der Waals surface area (Å²) < 4.78 is 11.7. The van der Waals surface area contributed by atoms with E-state index in [0.717, 1.165) is 27.4 Å². The molecule has 0 bridgehead atoms. The molecule has 0 saturated heterocycles. The minimum Gasteiger partial charge on any atom is -0.493 e. The zero-order valence-electron chi connectivity index (χ0n) is 12.3. The van der Waals surface area contributed by atoms with Gasteiger partial charge in [0.15, 0.2) is 11.5 Å². The Hall–Kier alpha value is -1.33. The molecule has 0 fully saturated rings. The maximum Gasteiger partial charge on any atom is 0.161 e. The van der Waals surface area contributed by atoms with Crippen LogP contribution in [-0.2, 0) is 5.75 Å². The lowest BCUT2D eigenvalue weighted by Crippen LogP contribution is -1.95. The first-order valence-electron chi connectivity index (χ1n) is 6.44. The molecule has 0 aliphatic heterocycles. The Morgan fingerprint density at radius 3 is 2.38 bits per heavy atom. The molecular formula is C16H18BrNO2S. The Bertz CT molecular complexity index is 646. The van der Waals surface area contributed by atoms with Crippen LogP contribution < -0.4 is 15.2 Å². The average molecular weight is 368 g/mol. The molecule has 0 unspecified atom stereocenters. The third-order valence-electron chi connectivity index (χ3n) is 3.18. The number of anilines is 1. The third-order valence-corrected chi connectivity index (χ3v) is 5.22. The van der Waals surface area contributed by atoms with E-state index in [1.165, 1.54) is 16.0 Å². The number of hydrogen-bond acceptors (Lipinski definition) is 4. The summed E-state index contributed by atoms with van der Waals surface area (Å²) in [5, 5.41) is 0. The third kappa shape index (κ3) is 3.86. The van der Waals surface area contributed by atoms with Gasteiger partial charge in [-0.25, -0.2) is 0 Å². The fraction of sp³-hybridized carbons (Fsp3) is 0.250. The van der Waals surface area contributed by atoms with Crippen molar-refractivity contribution in [2.45, 2.75) is 17.6 Å². The number of halogens is 1. The maximum absolute atomic E-state index is 5.76. The molecule has 112 valence electrons. The van der Waals surface area contributed by atoms with Crippen molar-refractivity contribution < 1.29 is 9.47 Å². The number of thioether (sulfide) groups is 1. The van der Waals surface area contributed by atoms with Crippen LogP contribution in [0.5, 0.6) is 11.5 Å². The summed E-state index contributed by atoms with van der Waals surface area (Å²) in [5.41, 5.74) is 8.93. The van der Waals surface area contributed by atoms with Crippen LogP contribution >= 0.6 is 27.7 Å². The van der Waals surface area contributed by atoms with E-state index in [-0.39, 0.29) is 0 Å². The number of benzene rings is 2. The second kappa shape index (κ2) is 7.09. The summed E-state index contributed by atoms with van der Waals surface area (Å²) in [7, 11) is 3.30. The summed E-state index contributed by atoms with van der Waals surface area (Å²) in [6.45, 7) is 2.08. The number of rotatable bonds is 5. The van der Waals surface area contributed by atoms with Crippen molar-refractivity contribution in [3.63, 3.8) is 0 Å². The van der Waals surface area contributed by atoms with Crippen LogP contribution in [0.25, 0.3) is 0 Å². The van der Waals surface area contributed by atoms with E-state index in [1.807, 2.05) is 30.3 Å². The van der Waals surface area contributed by atoms with Crippen LogP contribution in [0.2, 0.25) is 0 Å². The Morgan fingerprint density at radius 2 is 1.76 bits per heavy atom. The van der Waals surface area contributed by atoms with Gasteiger partial charge in [-0.05, 0) is 64.3 Å². The van der Waals surface area contributed by atoms with Crippen molar-refractivity contribution in [2.24, 2.45) is 0 Å². The monoisotopic (exact) mass is 367 g/mol. The molecule has 2 aromatic carbocycles. The number of nitrogens with two attached hydrogens (primary N) is 1. The smallest absolute Gasteiger partial charge is 0.161 e. The summed E-state index contributed by atoms with van der Waals surface area (Å²) in [6, 6.07) is 9.90. The lowest BCUT2D eigenvalue weighted by Gasteiger charge is -2.13. The van der Waals surface area contributed by atoms with E-state index >= 15 is 0 Å². The zero-order chi connectivity index (χ0) is 15.4. The van der Waals surface area contributed by atoms with E-state index in [9.17, 15) is 0 Å². The molecule has 0 aliphatic carbocycles. The Balaban J connectivity index is 2.19. The van der Waals surface area contributed by atoms with Gasteiger partial charge in [-0.2, -0.15) is 0 Å². The predicted molar refractivity (Wildman–Crippen MR) is 92.4 cm³/mol. The van der Waals surface area contributed by atoms with Gasteiger partial charge in [-0.1, -0.05) is 0 Å². The van der Waals surface area contributed by atoms with Crippen LogP contribution in [0, 0.1) is 6.92 Å². The van der Waals surface area contributed by atoms with Gasteiger partial charge in [-0.3, -0.25) is 0 Å². The van der Waals surface area contributed by atoms with Crippen molar-refractivity contribution >= 4 is 33.4 Å². The molecule has 3 nitrogen and oxygen atoms in total. The summed E-state index contributed by atoms with van der Waals surface area (Å²) in [5.74, 6) is 2.38. The molecule has 0 radical (unpaired) electrons. The zero-order valence-corrected chi connectivity index (χ0v) is 14.7. The second-order valence-corrected chi connectivity index (χ2v) is 6.48. The van der Waals surface area contributed by atoms with Crippen molar-refractivity contribution in [1.29, 1.82) is 0 Å². The molecule has 0 saturated carbocycles. The number of methoxy groups -OCH3 is 2. The van der Waals surface area contributed by atoms with E-state index in [2.05, 4.69) is 22.9 Å². The van der Waals surface area contributed by atoms with Crippen molar-refractivity contribution in [3.05, 3.63) is 45.9 Å². The average Bonchev–Trinajstić information content (AvgIpc) is 2.47. The van der Waals surface area contributed by atoms with Gasteiger partial charge < -0.3 is 15.2 Å². The van der Waals surface area contributed by atoms with Crippen molar-refractivity contribution in [2.75, 3.05) is 20.0 Å². The van der Waals surface area contributed by atoms with E-state index in [0.29, 0.717) is 0 Å². The minimum absolute atomic E-state index is 0.758. The molecule has 2 aromatic rings. The SMILES string of the molecule is COc1cc(C)c(CSc2ccc(N)cc2Br)cc1OC. The Kier molecular flexibility index (Phi) is 5.42. The highest BCUT2D eigenvalue weighted by Gasteiger charge is 2.10. The van der Waals surface area contributed by atoms with E-state index < -0.39 is 0 Å². The normalized spacial score (nSPS) is 10.5. The van der Waals surface area contributed by atoms with Crippen molar-refractivity contribution in [3.8, 4) is 11.5 Å². The molecule has 0 aliphatic rings. The largest absolute Gasteiger partial charge is 0.493 e. The molecule has 5 heteroatoms. The fourth-order valence-electron chi connectivity index (χ4n) is 1.97. The number of nitrogen functional groups attached to an aromatic ring is 1. The van der Waals surface area contributed by atoms with Crippen LogP contribution in [0.4, 0.5) is 5.69 Å². The van der Waals surface area contributed by atoms with Gasteiger partial charge >= 0.3 is 0 Å². The minimum atomic E-state index is 0.758. The molecule has 0 spiro atoms. The van der Waals surface area contributed by atoms with Gasteiger partial charge in [0.25, 0.3) is 0 Å². The van der Waals surface area contributed by atoms with E-state index in [1.54, 1.807) is 26.0 Å². The first kappa shape index (κ1) is 16.0. The standard InChI is InChI=1S/C16H18BrNO2S/c1-10-6-14(19-2)15(20-3)7-11(10)9-21-16-5-4-12(18)8-13(16)17/h4-8H,9,18H2,1-3H3. The number of hydrogen-bond donors (Lipinski definition) is 1. The van der Waals surface area contributed by atoms with Gasteiger partial charge in [0.1, 0.15) is 0 Å². The topological polar surface area (TPSA) is 44.5 Å². The summed E-state index contributed by atoms with van der Waals surface area (Å²) in [6.07, 6.45) is 0. The van der Waals surface area contributed by atoms with Crippen molar-refractivity contribution in [1.82, 2.24) is 0 Å². The molecule has 2 rings (SSSR count). The van der Waals surface area contributed by atoms with Gasteiger partial charge in [-0.15, -0.1) is 11.8 Å². The molecule has 0 heterocycles. The predicted octanol–water partition coefficient (Wildman–Crippen LogP) is 4.65. The van der Waals surface area contributed by atoms with Gasteiger partial charge in [0.2, 0.25) is 0 Å². The van der Waals surface area contributed by atoms with Crippen LogP contribution in [0.1, 0.15) is 11.1 Å². The maximum atomic E-state index is 5.76. The highest BCUT2D eigenvalue weighted by Crippen LogP contribution is 2.35. The number of aryl methyl sites for hydroxylation is 1. The van der Waals surface area contributed by atoms with Crippen LogP contribution in [-0.4, -0.2) is 14.2 Å². The Labute approximate surface area is 138 Å². The molecule has 0 atom stereocenters. The highest BCUT2D eigenvalue weighted by molar-refractivity contribution is 9.10. The first-order valence-corrected chi connectivity index (χ1v) is 8.22. The number of ether oxygens (including phenoxy) is 2. The summed E-state index contributed by atoms with van der Waals surface area (Å²) in [4.78, 5) is 1.17. The molecule has 21 heavy (non-hydrogen) atoms. The lowest BCUT2D eigenvalue weighted by atomic mass is 10.1. The van der Waals surface area contributed by atoms with Crippen LogP contribution in [0.15, 0.2) is 39.7 Å². The Morgan fingerprint density at radius 1 is 1.10 bits per heavy atom. The molecule has 0 aromatic heterocycles. The molecule has 0 amide bonds. The fourth-order valence-corrected chi connectivity index (χ4v) is 3.69. The molecule has 2 N–H and O–H groups in total. The summed E-state index contributed by atoms with van der Waals surface area (Å²) >= 11 is 5.30. The highest BCUT2D eigenvalue weighted by atomic mass is 79.9. The lowest BCUT2D eigenvalue weighted by molar-refractivity contribution is 0.354. The first-order chi connectivity index (χ1) is 10.0. The van der Waals surface area contributed by atoms with E-state index in [4.69, 9.17) is 15.2 Å². The molecular weight excluding hydrogens is 350 g/mol. The van der Waals surface area contributed by atoms with Gasteiger partial charge in [0.05, 0.1) is 14.2 Å². The van der Waals surface area contributed by atoms with Crippen LogP contribution in [0.3, 0.4) is 0 Å².